The van der Waals surface area contributed by atoms with Crippen molar-refractivity contribution in [1.82, 2.24) is 10.1 Å². The highest BCUT2D eigenvalue weighted by Crippen LogP contribution is 2.34. The molecule has 0 saturated carbocycles. The molecule has 3 heterocycles. The van der Waals surface area contributed by atoms with E-state index in [0.717, 1.165) is 25.0 Å². The molecule has 0 bridgehead atoms. The Hall–Kier alpha value is -2.61. The topological polar surface area (TPSA) is 60.2 Å². The molecule has 142 valence electrons. The van der Waals surface area contributed by atoms with E-state index in [0.29, 0.717) is 47.0 Å². The van der Waals surface area contributed by atoms with Crippen LogP contribution >= 0.6 is 0 Å². The second kappa shape index (κ2) is 6.84. The van der Waals surface area contributed by atoms with Crippen LogP contribution in [0.15, 0.2) is 34.9 Å². The number of rotatable bonds is 3. The van der Waals surface area contributed by atoms with Crippen molar-refractivity contribution in [3.63, 3.8) is 0 Å². The fourth-order valence-corrected chi connectivity index (χ4v) is 3.20. The van der Waals surface area contributed by atoms with Crippen LogP contribution in [0.1, 0.15) is 24.1 Å². The first-order valence-corrected chi connectivity index (χ1v) is 8.71. The van der Waals surface area contributed by atoms with Gasteiger partial charge in [-0.25, -0.2) is 4.98 Å². The number of pyridine rings is 1. The van der Waals surface area contributed by atoms with E-state index >= 15 is 0 Å². The van der Waals surface area contributed by atoms with E-state index in [2.05, 4.69) is 15.5 Å². The molecule has 2 aromatic heterocycles. The van der Waals surface area contributed by atoms with Crippen LogP contribution in [-0.2, 0) is 10.9 Å². The lowest BCUT2D eigenvalue weighted by Crippen LogP contribution is -2.27. The average Bonchev–Trinajstić information content (AvgIpc) is 3.03. The molecule has 4 rings (SSSR count). The van der Waals surface area contributed by atoms with Crippen molar-refractivity contribution in [3.05, 3.63) is 41.6 Å². The third-order valence-corrected chi connectivity index (χ3v) is 4.66. The summed E-state index contributed by atoms with van der Waals surface area (Å²) >= 11 is 0. The molecule has 0 aliphatic carbocycles. The molecule has 1 aliphatic heterocycles. The number of alkyl halides is 3. The first-order chi connectivity index (χ1) is 12.9. The molecule has 1 aromatic carbocycles. The van der Waals surface area contributed by atoms with Gasteiger partial charge in [0.15, 0.2) is 0 Å². The van der Waals surface area contributed by atoms with E-state index in [-0.39, 0.29) is 6.04 Å². The molecule has 1 aliphatic rings. The van der Waals surface area contributed by atoms with Crippen molar-refractivity contribution >= 4 is 16.8 Å². The summed E-state index contributed by atoms with van der Waals surface area (Å²) in [5.74, 6) is 0. The number of halogens is 3. The van der Waals surface area contributed by atoms with Gasteiger partial charge in [-0.1, -0.05) is 17.3 Å². The summed E-state index contributed by atoms with van der Waals surface area (Å²) < 4.78 is 50.0. The lowest BCUT2D eigenvalue weighted by molar-refractivity contribution is -0.137. The van der Waals surface area contributed by atoms with E-state index in [1.54, 1.807) is 19.1 Å². The van der Waals surface area contributed by atoms with Crippen LogP contribution in [0.3, 0.4) is 0 Å². The summed E-state index contributed by atoms with van der Waals surface area (Å²) in [6.07, 6.45) is -2.72. The highest BCUT2D eigenvalue weighted by Gasteiger charge is 2.30. The zero-order valence-electron chi connectivity index (χ0n) is 14.6. The molecule has 5 nitrogen and oxygen atoms in total. The van der Waals surface area contributed by atoms with E-state index < -0.39 is 11.7 Å². The first-order valence-electron chi connectivity index (χ1n) is 8.71. The molecule has 3 aromatic rings. The van der Waals surface area contributed by atoms with Gasteiger partial charge in [-0.3, -0.25) is 0 Å². The van der Waals surface area contributed by atoms with Gasteiger partial charge in [0, 0.05) is 24.8 Å². The van der Waals surface area contributed by atoms with Crippen LogP contribution in [0.2, 0.25) is 0 Å². The van der Waals surface area contributed by atoms with E-state index in [1.165, 1.54) is 6.07 Å². The number of ether oxygens (including phenoxy) is 1. The second-order valence-electron chi connectivity index (χ2n) is 6.61. The van der Waals surface area contributed by atoms with E-state index in [4.69, 9.17) is 9.26 Å². The SMILES string of the molecule is Cc1noc2c(NC3CCOCC3)cc(-c3cccc(C(F)(F)F)c3)nc12. The Kier molecular flexibility index (Phi) is 4.51. The van der Waals surface area contributed by atoms with Crippen molar-refractivity contribution in [3.8, 4) is 11.3 Å². The number of anilines is 1. The molecule has 27 heavy (non-hydrogen) atoms. The van der Waals surface area contributed by atoms with Crippen molar-refractivity contribution in [1.29, 1.82) is 0 Å². The highest BCUT2D eigenvalue weighted by atomic mass is 19.4. The third-order valence-electron chi connectivity index (χ3n) is 4.66. The summed E-state index contributed by atoms with van der Waals surface area (Å²) in [6, 6.07) is 7.07. The van der Waals surface area contributed by atoms with Crippen LogP contribution in [0.5, 0.6) is 0 Å². The number of nitrogens with zero attached hydrogens (tertiary/aromatic N) is 2. The Labute approximate surface area is 153 Å². The quantitative estimate of drug-likeness (QED) is 0.710. The second-order valence-corrected chi connectivity index (χ2v) is 6.61. The van der Waals surface area contributed by atoms with Gasteiger partial charge in [0.05, 0.1) is 16.9 Å². The third kappa shape index (κ3) is 3.62. The number of benzene rings is 1. The summed E-state index contributed by atoms with van der Waals surface area (Å²) in [7, 11) is 0. The summed E-state index contributed by atoms with van der Waals surface area (Å²) in [5.41, 5.74) is 2.45. The van der Waals surface area contributed by atoms with Gasteiger partial charge in [0.1, 0.15) is 11.2 Å². The van der Waals surface area contributed by atoms with Gasteiger partial charge in [0.25, 0.3) is 0 Å². The van der Waals surface area contributed by atoms with Gasteiger partial charge < -0.3 is 14.6 Å². The standard InChI is InChI=1S/C19H18F3N3O2/c1-11-17-18(27-25-11)16(23-14-5-7-26-8-6-14)10-15(24-17)12-3-2-4-13(9-12)19(20,21)22/h2-4,9-10,14H,5-8H2,1H3,(H,23,24). The largest absolute Gasteiger partial charge is 0.416 e. The lowest BCUT2D eigenvalue weighted by atomic mass is 10.1. The number of hydrogen-bond donors (Lipinski definition) is 1. The molecule has 1 N–H and O–H groups in total. The molecule has 8 heteroatoms. The molecule has 1 fully saturated rings. The summed E-state index contributed by atoms with van der Waals surface area (Å²) in [5, 5.41) is 7.38. The van der Waals surface area contributed by atoms with Gasteiger partial charge in [-0.2, -0.15) is 13.2 Å². The maximum atomic E-state index is 13.1. The van der Waals surface area contributed by atoms with Crippen molar-refractivity contribution < 1.29 is 22.4 Å². The Morgan fingerprint density at radius 2 is 1.93 bits per heavy atom. The molecule has 0 unspecified atom stereocenters. The van der Waals surface area contributed by atoms with Crippen molar-refractivity contribution in [2.75, 3.05) is 18.5 Å². The van der Waals surface area contributed by atoms with Gasteiger partial charge in [-0.05, 0) is 38.0 Å². The zero-order chi connectivity index (χ0) is 19.0. The minimum absolute atomic E-state index is 0.198. The van der Waals surface area contributed by atoms with Crippen LogP contribution in [0.25, 0.3) is 22.4 Å². The molecule has 0 atom stereocenters. The van der Waals surface area contributed by atoms with Crippen LogP contribution in [-0.4, -0.2) is 29.4 Å². The number of aryl methyl sites for hydroxylation is 1. The zero-order valence-corrected chi connectivity index (χ0v) is 14.6. The number of fused-ring (bicyclic) bond motifs is 1. The molecule has 1 saturated heterocycles. The van der Waals surface area contributed by atoms with Crippen LogP contribution in [0, 0.1) is 6.92 Å². The van der Waals surface area contributed by atoms with Gasteiger partial charge in [-0.15, -0.1) is 0 Å². The number of aromatic nitrogens is 2. The van der Waals surface area contributed by atoms with Crippen LogP contribution in [0.4, 0.5) is 18.9 Å². The fourth-order valence-electron chi connectivity index (χ4n) is 3.20. The molecule has 0 radical (unpaired) electrons. The minimum Gasteiger partial charge on any atom is -0.381 e. The highest BCUT2D eigenvalue weighted by molar-refractivity contribution is 5.90. The lowest BCUT2D eigenvalue weighted by Gasteiger charge is -2.24. The van der Waals surface area contributed by atoms with Crippen molar-refractivity contribution in [2.24, 2.45) is 0 Å². The normalized spacial score (nSPS) is 16.0. The average molecular weight is 377 g/mol. The first kappa shape index (κ1) is 17.8. The predicted octanol–water partition coefficient (Wildman–Crippen LogP) is 4.81. The maximum Gasteiger partial charge on any atom is 0.416 e. The predicted molar refractivity (Wildman–Crippen MR) is 94.4 cm³/mol. The fraction of sp³-hybridized carbons (Fsp3) is 0.368. The van der Waals surface area contributed by atoms with Crippen molar-refractivity contribution in [2.45, 2.75) is 32.0 Å². The Bertz CT molecular complexity index is 962. The Balaban J connectivity index is 1.78. The minimum atomic E-state index is -4.41. The smallest absolute Gasteiger partial charge is 0.381 e. The monoisotopic (exact) mass is 377 g/mol. The number of hydrogen-bond acceptors (Lipinski definition) is 5. The molecule has 0 spiro atoms. The van der Waals surface area contributed by atoms with E-state index in [9.17, 15) is 13.2 Å². The maximum absolute atomic E-state index is 13.1. The van der Waals surface area contributed by atoms with Crippen LogP contribution < -0.4 is 5.32 Å². The molecular weight excluding hydrogens is 359 g/mol. The van der Waals surface area contributed by atoms with E-state index in [1.807, 2.05) is 0 Å². The molecule has 0 amide bonds. The summed E-state index contributed by atoms with van der Waals surface area (Å²) in [6.45, 7) is 3.09. The van der Waals surface area contributed by atoms with Gasteiger partial charge in [0.2, 0.25) is 5.58 Å². The number of nitrogens with one attached hydrogen (secondary N) is 1. The summed E-state index contributed by atoms with van der Waals surface area (Å²) in [4.78, 5) is 4.49. The Morgan fingerprint density at radius 1 is 1.15 bits per heavy atom. The molecular formula is C19H18F3N3O2. The Morgan fingerprint density at radius 3 is 2.67 bits per heavy atom. The van der Waals surface area contributed by atoms with Gasteiger partial charge >= 0.3 is 6.18 Å².